The highest BCUT2D eigenvalue weighted by molar-refractivity contribution is 6.32. The zero-order valence-corrected chi connectivity index (χ0v) is 13.7. The molecule has 2 rings (SSSR count). The van der Waals surface area contributed by atoms with Crippen LogP contribution in [0.1, 0.15) is 13.3 Å². The van der Waals surface area contributed by atoms with Crippen LogP contribution in [0, 0.1) is 0 Å². The highest BCUT2D eigenvalue weighted by atomic mass is 35.5. The number of aromatic nitrogens is 1. The summed E-state index contributed by atoms with van der Waals surface area (Å²) in [6.07, 6.45) is 2.29. The fraction of sp³-hybridized carbons (Fsp3) is 0.294. The molecule has 0 fully saturated rings. The maximum absolute atomic E-state index is 12.4. The third-order valence-corrected chi connectivity index (χ3v) is 3.86. The number of aliphatic hydroxyl groups excluding tert-OH is 1. The number of para-hydroxylation sites is 1. The number of nitrogens with one attached hydrogen (secondary N) is 1. The molecule has 1 atom stereocenters. The van der Waals surface area contributed by atoms with Crippen LogP contribution in [0.15, 0.2) is 48.7 Å². The van der Waals surface area contributed by atoms with Gasteiger partial charge in [-0.25, -0.2) is 4.98 Å². The fourth-order valence-electron chi connectivity index (χ4n) is 2.32. The molecule has 6 heteroatoms. The summed E-state index contributed by atoms with van der Waals surface area (Å²) in [5, 5.41) is 12.6. The third-order valence-electron chi connectivity index (χ3n) is 3.56. The number of rotatable bonds is 7. The highest BCUT2D eigenvalue weighted by Gasteiger charge is 2.20. The molecule has 0 aliphatic rings. The summed E-state index contributed by atoms with van der Waals surface area (Å²) in [6, 6.07) is 12.8. The molecule has 1 aromatic carbocycles. The summed E-state index contributed by atoms with van der Waals surface area (Å²) >= 11 is 5.96. The van der Waals surface area contributed by atoms with Crippen molar-refractivity contribution in [3.8, 4) is 0 Å². The first-order valence-electron chi connectivity index (χ1n) is 7.48. The van der Waals surface area contributed by atoms with Gasteiger partial charge in [-0.3, -0.25) is 4.79 Å². The molecule has 0 aliphatic carbocycles. The minimum Gasteiger partial charge on any atom is -0.394 e. The Labute approximate surface area is 140 Å². The van der Waals surface area contributed by atoms with E-state index < -0.39 is 0 Å². The molecule has 2 N–H and O–H groups in total. The SMILES string of the molecule is CCC(CO)N(CC(=O)Nc1cccnc1Cl)c1ccccc1. The van der Waals surface area contributed by atoms with Crippen molar-refractivity contribution in [3.63, 3.8) is 0 Å². The molecule has 5 nitrogen and oxygen atoms in total. The van der Waals surface area contributed by atoms with Crippen LogP contribution < -0.4 is 10.2 Å². The number of benzene rings is 1. The van der Waals surface area contributed by atoms with E-state index in [1.54, 1.807) is 18.3 Å². The van der Waals surface area contributed by atoms with Gasteiger partial charge in [0.15, 0.2) is 5.15 Å². The number of halogens is 1. The molecule has 1 heterocycles. The number of aliphatic hydroxyl groups is 1. The smallest absolute Gasteiger partial charge is 0.243 e. The van der Waals surface area contributed by atoms with E-state index in [1.165, 1.54) is 0 Å². The monoisotopic (exact) mass is 333 g/mol. The number of carbonyl (C=O) groups excluding carboxylic acids is 1. The van der Waals surface area contributed by atoms with Crippen LogP contribution in [0.4, 0.5) is 11.4 Å². The summed E-state index contributed by atoms with van der Waals surface area (Å²) in [5.41, 5.74) is 1.37. The van der Waals surface area contributed by atoms with Gasteiger partial charge in [-0.1, -0.05) is 36.7 Å². The van der Waals surface area contributed by atoms with Crippen molar-refractivity contribution in [1.29, 1.82) is 0 Å². The van der Waals surface area contributed by atoms with Gasteiger partial charge < -0.3 is 15.3 Å². The molecule has 0 spiro atoms. The topological polar surface area (TPSA) is 65.5 Å². The number of carbonyl (C=O) groups is 1. The zero-order valence-electron chi connectivity index (χ0n) is 12.9. The van der Waals surface area contributed by atoms with Crippen LogP contribution in [0.3, 0.4) is 0 Å². The number of amides is 1. The molecule has 23 heavy (non-hydrogen) atoms. The molecular formula is C17H20ClN3O2. The minimum atomic E-state index is -0.212. The van der Waals surface area contributed by atoms with Crippen LogP contribution in [0.2, 0.25) is 5.15 Å². The lowest BCUT2D eigenvalue weighted by atomic mass is 10.1. The number of hydrogen-bond donors (Lipinski definition) is 2. The molecule has 0 saturated heterocycles. The van der Waals surface area contributed by atoms with E-state index >= 15 is 0 Å². The largest absolute Gasteiger partial charge is 0.394 e. The maximum atomic E-state index is 12.4. The Hall–Kier alpha value is -2.11. The Kier molecular flexibility index (Phi) is 6.38. The fourth-order valence-corrected chi connectivity index (χ4v) is 2.49. The van der Waals surface area contributed by atoms with Crippen LogP contribution in [0.5, 0.6) is 0 Å². The molecule has 122 valence electrons. The number of anilines is 2. The summed E-state index contributed by atoms with van der Waals surface area (Å²) in [7, 11) is 0. The Morgan fingerprint density at radius 2 is 2.04 bits per heavy atom. The summed E-state index contributed by atoms with van der Waals surface area (Å²) < 4.78 is 0. The van der Waals surface area contributed by atoms with Crippen LogP contribution >= 0.6 is 11.6 Å². The lowest BCUT2D eigenvalue weighted by Crippen LogP contribution is -2.42. The summed E-state index contributed by atoms with van der Waals surface area (Å²) in [5.74, 6) is -0.212. The lowest BCUT2D eigenvalue weighted by Gasteiger charge is -2.31. The van der Waals surface area contributed by atoms with Gasteiger partial charge in [0.25, 0.3) is 0 Å². The van der Waals surface area contributed by atoms with Crippen molar-refractivity contribution in [2.45, 2.75) is 19.4 Å². The van der Waals surface area contributed by atoms with Gasteiger partial charge in [0, 0.05) is 11.9 Å². The second kappa shape index (κ2) is 8.50. The van der Waals surface area contributed by atoms with Crippen molar-refractivity contribution in [2.24, 2.45) is 0 Å². The second-order valence-electron chi connectivity index (χ2n) is 5.10. The first-order valence-corrected chi connectivity index (χ1v) is 7.86. The van der Waals surface area contributed by atoms with Crippen molar-refractivity contribution in [3.05, 3.63) is 53.8 Å². The first kappa shape index (κ1) is 17.2. The molecular weight excluding hydrogens is 314 g/mol. The van der Waals surface area contributed by atoms with Gasteiger partial charge in [0.2, 0.25) is 5.91 Å². The van der Waals surface area contributed by atoms with Gasteiger partial charge >= 0.3 is 0 Å². The first-order chi connectivity index (χ1) is 11.2. The van der Waals surface area contributed by atoms with Crippen molar-refractivity contribution >= 4 is 28.9 Å². The number of hydrogen-bond acceptors (Lipinski definition) is 4. The third kappa shape index (κ3) is 4.68. The van der Waals surface area contributed by atoms with E-state index in [1.807, 2.05) is 42.2 Å². The molecule has 0 aliphatic heterocycles. The standard InChI is InChI=1S/C17H20ClN3O2/c1-2-13(12-22)21(14-7-4-3-5-8-14)11-16(23)20-15-9-6-10-19-17(15)18/h3-10,13,22H,2,11-12H2,1H3,(H,20,23). The quantitative estimate of drug-likeness (QED) is 0.765. The van der Waals surface area contributed by atoms with Gasteiger partial charge in [0.1, 0.15) is 0 Å². The van der Waals surface area contributed by atoms with Crippen LogP contribution in [-0.2, 0) is 4.79 Å². The molecule has 0 bridgehead atoms. The molecule has 1 amide bonds. The average molecular weight is 334 g/mol. The maximum Gasteiger partial charge on any atom is 0.243 e. The molecule has 0 saturated carbocycles. The molecule has 1 unspecified atom stereocenters. The Morgan fingerprint density at radius 3 is 2.65 bits per heavy atom. The van der Waals surface area contributed by atoms with Gasteiger partial charge in [-0.15, -0.1) is 0 Å². The Bertz CT molecular complexity index is 633. The van der Waals surface area contributed by atoms with Gasteiger partial charge in [0.05, 0.1) is 24.9 Å². The zero-order chi connectivity index (χ0) is 16.7. The molecule has 0 radical (unpaired) electrons. The summed E-state index contributed by atoms with van der Waals surface area (Å²) in [4.78, 5) is 18.2. The van der Waals surface area contributed by atoms with E-state index in [-0.39, 0.29) is 30.3 Å². The van der Waals surface area contributed by atoms with Crippen LogP contribution in [0.25, 0.3) is 0 Å². The molecule has 2 aromatic rings. The summed E-state index contributed by atoms with van der Waals surface area (Å²) in [6.45, 7) is 2.08. The van der Waals surface area contributed by atoms with Crippen molar-refractivity contribution < 1.29 is 9.90 Å². The predicted octanol–water partition coefficient (Wildman–Crippen LogP) is 2.95. The lowest BCUT2D eigenvalue weighted by molar-refractivity contribution is -0.115. The Morgan fingerprint density at radius 1 is 1.30 bits per heavy atom. The molecule has 1 aromatic heterocycles. The van der Waals surface area contributed by atoms with Gasteiger partial charge in [-0.05, 0) is 30.7 Å². The minimum absolute atomic E-state index is 0.0215. The van der Waals surface area contributed by atoms with E-state index in [0.29, 0.717) is 5.69 Å². The van der Waals surface area contributed by atoms with Gasteiger partial charge in [-0.2, -0.15) is 0 Å². The predicted molar refractivity (Wildman–Crippen MR) is 92.8 cm³/mol. The Balaban J connectivity index is 2.14. The number of pyridine rings is 1. The van der Waals surface area contributed by atoms with E-state index in [2.05, 4.69) is 10.3 Å². The van der Waals surface area contributed by atoms with E-state index in [0.717, 1.165) is 12.1 Å². The highest BCUT2D eigenvalue weighted by Crippen LogP contribution is 2.20. The normalized spacial score (nSPS) is 11.8. The van der Waals surface area contributed by atoms with Crippen molar-refractivity contribution in [2.75, 3.05) is 23.4 Å². The van der Waals surface area contributed by atoms with E-state index in [9.17, 15) is 9.90 Å². The van der Waals surface area contributed by atoms with Crippen LogP contribution in [-0.4, -0.2) is 35.2 Å². The van der Waals surface area contributed by atoms with E-state index in [4.69, 9.17) is 11.6 Å². The average Bonchev–Trinajstić information content (AvgIpc) is 2.58. The number of nitrogens with zero attached hydrogens (tertiary/aromatic N) is 2. The van der Waals surface area contributed by atoms with Crippen molar-refractivity contribution in [1.82, 2.24) is 4.98 Å². The second-order valence-corrected chi connectivity index (χ2v) is 5.46.